The van der Waals surface area contributed by atoms with Crippen LogP contribution in [0.2, 0.25) is 0 Å². The summed E-state index contributed by atoms with van der Waals surface area (Å²) in [6, 6.07) is 0. The fourth-order valence-corrected chi connectivity index (χ4v) is 0.769. The number of rotatable bonds is 6. The highest BCUT2D eigenvalue weighted by Crippen LogP contribution is 1.85. The van der Waals surface area contributed by atoms with E-state index in [9.17, 15) is 4.79 Å². The average Bonchev–Trinajstić information content (AvgIpc) is 2.05. The second-order valence-corrected chi connectivity index (χ2v) is 2.69. The smallest absolute Gasteiger partial charge is 0.330 e. The molecule has 0 aliphatic heterocycles. The summed E-state index contributed by atoms with van der Waals surface area (Å²) < 4.78 is 4.85. The van der Waals surface area contributed by atoms with Crippen molar-refractivity contribution >= 4 is 5.97 Å². The van der Waals surface area contributed by atoms with Crippen LogP contribution in [0.25, 0.3) is 0 Å². The molecule has 0 bridgehead atoms. The van der Waals surface area contributed by atoms with Gasteiger partial charge in [0.15, 0.2) is 0 Å². The van der Waals surface area contributed by atoms with Crippen LogP contribution in [0.4, 0.5) is 0 Å². The summed E-state index contributed by atoms with van der Waals surface area (Å²) in [5.41, 5.74) is 0. The zero-order valence-electron chi connectivity index (χ0n) is 8.19. The number of hydrogen-bond donors (Lipinski definition) is 1. The van der Waals surface area contributed by atoms with Crippen molar-refractivity contribution in [1.82, 2.24) is 4.90 Å². The topological polar surface area (TPSA) is 49.8 Å². The third-order valence-corrected chi connectivity index (χ3v) is 1.50. The molecule has 4 nitrogen and oxygen atoms in total. The van der Waals surface area contributed by atoms with Crippen molar-refractivity contribution in [2.45, 2.75) is 6.92 Å². The van der Waals surface area contributed by atoms with Crippen LogP contribution in [-0.4, -0.2) is 49.3 Å². The Balaban J connectivity index is 3.39. The van der Waals surface area contributed by atoms with Crippen LogP contribution >= 0.6 is 0 Å². The summed E-state index contributed by atoms with van der Waals surface area (Å²) in [6.07, 6.45) is 3.02. The molecule has 0 radical (unpaired) electrons. The summed E-state index contributed by atoms with van der Waals surface area (Å²) in [7, 11) is 1.86. The minimum Gasteiger partial charge on any atom is -0.461 e. The molecule has 0 aromatic heterocycles. The zero-order valence-corrected chi connectivity index (χ0v) is 8.19. The van der Waals surface area contributed by atoms with Gasteiger partial charge in [-0.1, -0.05) is 6.08 Å². The molecule has 0 aliphatic carbocycles. The normalized spacial score (nSPS) is 11.1. The minimum absolute atomic E-state index is 0.124. The first-order valence-corrected chi connectivity index (χ1v) is 4.29. The Morgan fingerprint density at radius 3 is 2.77 bits per heavy atom. The lowest BCUT2D eigenvalue weighted by Crippen LogP contribution is -2.26. The molecule has 76 valence electrons. The molecule has 0 aromatic rings. The Morgan fingerprint density at radius 2 is 2.23 bits per heavy atom. The molecule has 0 spiro atoms. The van der Waals surface area contributed by atoms with E-state index in [1.807, 2.05) is 11.9 Å². The van der Waals surface area contributed by atoms with Gasteiger partial charge in [-0.3, -0.25) is 0 Å². The largest absolute Gasteiger partial charge is 0.461 e. The Kier molecular flexibility index (Phi) is 7.24. The van der Waals surface area contributed by atoms with E-state index in [1.54, 1.807) is 13.0 Å². The number of hydrogen-bond acceptors (Lipinski definition) is 4. The molecule has 0 atom stereocenters. The first-order chi connectivity index (χ1) is 6.20. The number of ether oxygens (including phenoxy) is 1. The molecular formula is C9H17NO3. The van der Waals surface area contributed by atoms with Gasteiger partial charge >= 0.3 is 5.97 Å². The first kappa shape index (κ1) is 12.1. The van der Waals surface area contributed by atoms with Crippen molar-refractivity contribution in [2.24, 2.45) is 0 Å². The maximum Gasteiger partial charge on any atom is 0.330 e. The number of carbonyl (C=O) groups excluding carboxylic acids is 1. The quantitative estimate of drug-likeness (QED) is 0.471. The maximum atomic E-state index is 10.8. The second-order valence-electron chi connectivity index (χ2n) is 2.69. The SMILES string of the molecule is C/C=C/C(=O)OCCN(C)CCO. The number of esters is 1. The van der Waals surface area contributed by atoms with Crippen molar-refractivity contribution in [3.63, 3.8) is 0 Å². The van der Waals surface area contributed by atoms with Crippen LogP contribution in [-0.2, 0) is 9.53 Å². The molecule has 13 heavy (non-hydrogen) atoms. The van der Waals surface area contributed by atoms with E-state index in [-0.39, 0.29) is 12.6 Å². The molecular weight excluding hydrogens is 170 g/mol. The molecule has 0 aromatic carbocycles. The molecule has 0 amide bonds. The van der Waals surface area contributed by atoms with Gasteiger partial charge in [-0.15, -0.1) is 0 Å². The number of likely N-dealkylation sites (N-methyl/N-ethyl adjacent to an activating group) is 1. The van der Waals surface area contributed by atoms with E-state index in [4.69, 9.17) is 9.84 Å². The lowest BCUT2D eigenvalue weighted by atomic mass is 10.5. The van der Waals surface area contributed by atoms with E-state index >= 15 is 0 Å². The molecule has 0 heterocycles. The average molecular weight is 187 g/mol. The van der Waals surface area contributed by atoms with Crippen LogP contribution in [0.15, 0.2) is 12.2 Å². The molecule has 0 rings (SSSR count). The number of aliphatic hydroxyl groups is 1. The Bertz CT molecular complexity index is 168. The molecule has 0 fully saturated rings. The van der Waals surface area contributed by atoms with Gasteiger partial charge in [0.25, 0.3) is 0 Å². The molecule has 0 unspecified atom stereocenters. The van der Waals surface area contributed by atoms with E-state index in [0.717, 1.165) is 0 Å². The number of carbonyl (C=O) groups is 1. The second kappa shape index (κ2) is 7.76. The van der Waals surface area contributed by atoms with E-state index < -0.39 is 0 Å². The predicted molar refractivity (Wildman–Crippen MR) is 50.4 cm³/mol. The molecule has 0 aliphatic rings. The fourth-order valence-electron chi connectivity index (χ4n) is 0.769. The summed E-state index contributed by atoms with van der Waals surface area (Å²) >= 11 is 0. The third-order valence-electron chi connectivity index (χ3n) is 1.50. The number of aliphatic hydroxyl groups excluding tert-OH is 1. The first-order valence-electron chi connectivity index (χ1n) is 4.29. The van der Waals surface area contributed by atoms with Crippen molar-refractivity contribution < 1.29 is 14.6 Å². The molecule has 4 heteroatoms. The minimum atomic E-state index is -0.320. The lowest BCUT2D eigenvalue weighted by molar-refractivity contribution is -0.138. The van der Waals surface area contributed by atoms with E-state index in [1.165, 1.54) is 6.08 Å². The van der Waals surface area contributed by atoms with Gasteiger partial charge in [-0.05, 0) is 14.0 Å². The Labute approximate surface area is 78.8 Å². The van der Waals surface area contributed by atoms with Crippen molar-refractivity contribution in [3.8, 4) is 0 Å². The predicted octanol–water partition coefficient (Wildman–Crippen LogP) is 0.0298. The van der Waals surface area contributed by atoms with Crippen LogP contribution in [0.5, 0.6) is 0 Å². The molecule has 0 saturated heterocycles. The highest BCUT2D eigenvalue weighted by Gasteiger charge is 1.99. The number of allylic oxidation sites excluding steroid dienone is 1. The van der Waals surface area contributed by atoms with Crippen LogP contribution < -0.4 is 0 Å². The number of nitrogens with zero attached hydrogens (tertiary/aromatic N) is 1. The van der Waals surface area contributed by atoms with Crippen molar-refractivity contribution in [3.05, 3.63) is 12.2 Å². The maximum absolute atomic E-state index is 10.8. The van der Waals surface area contributed by atoms with Crippen LogP contribution in [0, 0.1) is 0 Å². The lowest BCUT2D eigenvalue weighted by Gasteiger charge is -2.13. The highest BCUT2D eigenvalue weighted by molar-refractivity contribution is 5.81. The van der Waals surface area contributed by atoms with Gasteiger partial charge in [0.05, 0.1) is 6.61 Å². The fraction of sp³-hybridized carbons (Fsp3) is 0.667. The van der Waals surface area contributed by atoms with Gasteiger partial charge in [-0.25, -0.2) is 4.79 Å². The van der Waals surface area contributed by atoms with Crippen molar-refractivity contribution in [2.75, 3.05) is 33.4 Å². The summed E-state index contributed by atoms with van der Waals surface area (Å²) in [5.74, 6) is -0.320. The summed E-state index contributed by atoms with van der Waals surface area (Å²) in [4.78, 5) is 12.7. The standard InChI is InChI=1S/C9H17NO3/c1-3-4-9(12)13-8-6-10(2)5-7-11/h3-4,11H,5-8H2,1-2H3/b4-3+. The Hall–Kier alpha value is -0.870. The van der Waals surface area contributed by atoms with Crippen LogP contribution in [0.1, 0.15) is 6.92 Å². The van der Waals surface area contributed by atoms with Gasteiger partial charge in [0, 0.05) is 19.2 Å². The van der Waals surface area contributed by atoms with E-state index in [0.29, 0.717) is 19.7 Å². The third kappa shape index (κ3) is 7.49. The zero-order chi connectivity index (χ0) is 10.1. The molecule has 1 N–H and O–H groups in total. The van der Waals surface area contributed by atoms with Gasteiger partial charge in [0.2, 0.25) is 0 Å². The van der Waals surface area contributed by atoms with Gasteiger partial charge < -0.3 is 14.7 Å². The van der Waals surface area contributed by atoms with Gasteiger partial charge in [-0.2, -0.15) is 0 Å². The summed E-state index contributed by atoms with van der Waals surface area (Å²) in [6.45, 7) is 3.49. The Morgan fingerprint density at radius 1 is 1.54 bits per heavy atom. The highest BCUT2D eigenvalue weighted by atomic mass is 16.5. The van der Waals surface area contributed by atoms with Crippen molar-refractivity contribution in [1.29, 1.82) is 0 Å². The molecule has 0 saturated carbocycles. The monoisotopic (exact) mass is 187 g/mol. The summed E-state index contributed by atoms with van der Waals surface area (Å²) in [5, 5.41) is 8.57. The van der Waals surface area contributed by atoms with Crippen LogP contribution in [0.3, 0.4) is 0 Å². The van der Waals surface area contributed by atoms with E-state index in [2.05, 4.69) is 0 Å². The van der Waals surface area contributed by atoms with Gasteiger partial charge in [0.1, 0.15) is 6.61 Å².